The number of esters is 8. The Morgan fingerprint density at radius 1 is 0.465 bits per heavy atom. The Morgan fingerprint density at radius 3 is 1.17 bits per heavy atom. The fourth-order valence-corrected chi connectivity index (χ4v) is 8.22. The molecule has 0 spiro atoms. The molecule has 3 aromatic rings. The summed E-state index contributed by atoms with van der Waals surface area (Å²) in [5.41, 5.74) is 3.34. The Balaban J connectivity index is 0.986. The molecule has 3 aromatic carbocycles. The van der Waals surface area contributed by atoms with Gasteiger partial charge in [-0.1, -0.05) is 37.4 Å². The second kappa shape index (κ2) is 27.9. The van der Waals surface area contributed by atoms with Gasteiger partial charge in [-0.05, 0) is 156 Å². The van der Waals surface area contributed by atoms with Gasteiger partial charge in [0, 0.05) is 12.2 Å². The number of carbonyl (C=O) groups excluding carboxylic acids is 8. The molecule has 16 heteroatoms. The summed E-state index contributed by atoms with van der Waals surface area (Å²) in [6.07, 6.45) is 8.08. The number of hydrogen-bond acceptors (Lipinski definition) is 16. The van der Waals surface area contributed by atoms with E-state index in [-0.39, 0.29) is 63.0 Å². The van der Waals surface area contributed by atoms with E-state index in [1.54, 1.807) is 75.4 Å². The summed E-state index contributed by atoms with van der Waals surface area (Å²) >= 11 is 0. The van der Waals surface area contributed by atoms with Crippen molar-refractivity contribution >= 4 is 47.8 Å². The average molecular weight is 981 g/mol. The molecule has 0 amide bonds. The highest BCUT2D eigenvalue weighted by Gasteiger charge is 2.35. The van der Waals surface area contributed by atoms with Crippen LogP contribution in [0.25, 0.3) is 0 Å². The van der Waals surface area contributed by atoms with Crippen LogP contribution < -0.4 is 18.9 Å². The normalized spacial score (nSPS) is 17.3. The van der Waals surface area contributed by atoms with E-state index in [9.17, 15) is 38.4 Å². The molecule has 2 aliphatic carbocycles. The number of ether oxygens (including phenoxy) is 8. The first-order valence-corrected chi connectivity index (χ1v) is 24.2. The largest absolute Gasteiger partial charge is 0.465 e. The van der Waals surface area contributed by atoms with E-state index < -0.39 is 47.7 Å². The summed E-state index contributed by atoms with van der Waals surface area (Å²) in [7, 11) is 0. The monoisotopic (exact) mass is 980 g/mol. The highest BCUT2D eigenvalue weighted by molar-refractivity contribution is 5.82. The van der Waals surface area contributed by atoms with Gasteiger partial charge in [0.2, 0.25) is 0 Å². The lowest BCUT2D eigenvalue weighted by Crippen LogP contribution is -2.31. The molecule has 71 heavy (non-hydrogen) atoms. The van der Waals surface area contributed by atoms with Crippen molar-refractivity contribution in [3.8, 4) is 23.0 Å². The van der Waals surface area contributed by atoms with Crippen LogP contribution in [0.2, 0.25) is 0 Å². The van der Waals surface area contributed by atoms with Crippen LogP contribution in [0.15, 0.2) is 79.9 Å². The van der Waals surface area contributed by atoms with Crippen molar-refractivity contribution in [3.63, 3.8) is 0 Å². The summed E-state index contributed by atoms with van der Waals surface area (Å²) in [6, 6.07) is 15.0. The SMILES string of the molecule is C=CC(=O)OCCCCOC(=O)Cc1ccc(OC(=O)C2CCC(C(=O)Oc3cc(C)c(OC(=O)C4CCC(C(=O)Oc5ccc(CC(=O)OCCCCOC(=O)C=C)cc5)CC4)c(C)c3C)CC2)cc1. The molecular weight excluding hydrogens is 917 g/mol. The number of carbonyl (C=O) groups is 8. The van der Waals surface area contributed by atoms with Gasteiger partial charge < -0.3 is 37.9 Å². The fraction of sp³-hybridized carbons (Fsp3) is 0.455. The minimum Gasteiger partial charge on any atom is -0.465 e. The Bertz CT molecular complexity index is 2370. The van der Waals surface area contributed by atoms with Crippen LogP contribution in [0.4, 0.5) is 0 Å². The van der Waals surface area contributed by atoms with Gasteiger partial charge in [0.15, 0.2) is 0 Å². The summed E-state index contributed by atoms with van der Waals surface area (Å²) in [5.74, 6) is -3.49. The summed E-state index contributed by atoms with van der Waals surface area (Å²) < 4.78 is 43.4. The van der Waals surface area contributed by atoms with Crippen LogP contribution >= 0.6 is 0 Å². The Labute approximate surface area is 414 Å². The molecule has 2 saturated carbocycles. The number of benzene rings is 3. The zero-order valence-electron chi connectivity index (χ0n) is 40.8. The third kappa shape index (κ3) is 17.7. The number of unbranched alkanes of at least 4 members (excludes halogenated alkanes) is 2. The van der Waals surface area contributed by atoms with Gasteiger partial charge in [-0.15, -0.1) is 0 Å². The highest BCUT2D eigenvalue weighted by Crippen LogP contribution is 2.38. The third-order valence-electron chi connectivity index (χ3n) is 12.6. The minimum atomic E-state index is -0.496. The van der Waals surface area contributed by atoms with E-state index in [1.165, 1.54) is 0 Å². The molecule has 0 atom stereocenters. The van der Waals surface area contributed by atoms with E-state index in [0.29, 0.717) is 128 Å². The number of rotatable bonds is 24. The summed E-state index contributed by atoms with van der Waals surface area (Å²) in [5, 5.41) is 0. The molecule has 380 valence electrons. The van der Waals surface area contributed by atoms with Crippen molar-refractivity contribution in [3.05, 3.63) is 108 Å². The van der Waals surface area contributed by atoms with Crippen molar-refractivity contribution in [1.82, 2.24) is 0 Å². The maximum absolute atomic E-state index is 13.4. The molecule has 0 heterocycles. The van der Waals surface area contributed by atoms with Crippen molar-refractivity contribution in [2.24, 2.45) is 23.7 Å². The van der Waals surface area contributed by atoms with Gasteiger partial charge in [-0.2, -0.15) is 0 Å². The van der Waals surface area contributed by atoms with E-state index in [4.69, 9.17) is 37.9 Å². The first kappa shape index (κ1) is 54.8. The Morgan fingerprint density at radius 2 is 0.803 bits per heavy atom. The maximum Gasteiger partial charge on any atom is 0.330 e. The van der Waals surface area contributed by atoms with E-state index in [0.717, 1.165) is 12.2 Å². The van der Waals surface area contributed by atoms with Crippen molar-refractivity contribution in [2.75, 3.05) is 26.4 Å². The van der Waals surface area contributed by atoms with Crippen LogP contribution in [0.5, 0.6) is 23.0 Å². The number of aryl methyl sites for hydroxylation is 1. The molecule has 16 nitrogen and oxygen atoms in total. The van der Waals surface area contributed by atoms with Crippen LogP contribution in [-0.2, 0) is 70.1 Å². The summed E-state index contributed by atoms with van der Waals surface area (Å²) in [4.78, 5) is 99.5. The smallest absolute Gasteiger partial charge is 0.330 e. The second-order valence-electron chi connectivity index (χ2n) is 17.8. The predicted molar refractivity (Wildman–Crippen MR) is 257 cm³/mol. The molecule has 2 aliphatic rings. The van der Waals surface area contributed by atoms with Crippen molar-refractivity contribution < 1.29 is 76.3 Å². The lowest BCUT2D eigenvalue weighted by Gasteiger charge is -2.27. The highest BCUT2D eigenvalue weighted by atomic mass is 16.6. The molecule has 0 aromatic heterocycles. The Hall–Kier alpha value is -7.10. The molecule has 0 radical (unpaired) electrons. The van der Waals surface area contributed by atoms with Gasteiger partial charge in [0.1, 0.15) is 23.0 Å². The predicted octanol–water partition coefficient (Wildman–Crippen LogP) is 8.44. The fourth-order valence-electron chi connectivity index (χ4n) is 8.22. The molecule has 5 rings (SSSR count). The van der Waals surface area contributed by atoms with Gasteiger partial charge in [0.25, 0.3) is 0 Å². The molecular formula is C55H64O16. The van der Waals surface area contributed by atoms with Gasteiger partial charge in [0.05, 0.1) is 62.9 Å². The molecule has 0 bridgehead atoms. The van der Waals surface area contributed by atoms with Gasteiger partial charge in [-0.3, -0.25) is 28.8 Å². The molecule has 0 unspecified atom stereocenters. The molecule has 0 aliphatic heterocycles. The molecule has 0 N–H and O–H groups in total. The summed E-state index contributed by atoms with van der Waals surface area (Å²) in [6.45, 7) is 12.9. The first-order valence-electron chi connectivity index (χ1n) is 24.2. The Kier molecular flexibility index (Phi) is 21.6. The zero-order chi connectivity index (χ0) is 51.3. The standard InChI is InChI=1S/C55H64O16/c1-6-47(56)64-28-8-10-30-66-49(58)33-38-12-24-44(25-13-38)68-52(60)40-16-20-42(21-17-40)54(62)70-46-32-35(3)51(37(5)36(46)4)71-55(63)43-22-18-41(19-23-43)53(61)69-45-26-14-39(15-27-45)34-50(59)67-31-11-9-29-65-48(57)7-2/h6-7,12-15,24-27,32,40-43H,1-2,8-11,16-23,28-31,33-34H2,3-5H3. The number of hydrogen-bond donors (Lipinski definition) is 0. The molecule has 2 fully saturated rings. The van der Waals surface area contributed by atoms with Crippen LogP contribution in [0.1, 0.15) is 105 Å². The lowest BCUT2D eigenvalue weighted by molar-refractivity contribution is -0.145. The maximum atomic E-state index is 13.4. The van der Waals surface area contributed by atoms with E-state index in [2.05, 4.69) is 13.2 Å². The molecule has 0 saturated heterocycles. The third-order valence-corrected chi connectivity index (χ3v) is 12.6. The van der Waals surface area contributed by atoms with E-state index in [1.807, 2.05) is 0 Å². The van der Waals surface area contributed by atoms with Gasteiger partial charge >= 0.3 is 47.8 Å². The minimum absolute atomic E-state index is 0.0508. The quantitative estimate of drug-likeness (QED) is 0.0271. The van der Waals surface area contributed by atoms with Gasteiger partial charge in [-0.25, -0.2) is 9.59 Å². The average Bonchev–Trinajstić information content (AvgIpc) is 3.37. The second-order valence-corrected chi connectivity index (χ2v) is 17.8. The van der Waals surface area contributed by atoms with Crippen LogP contribution in [-0.4, -0.2) is 74.2 Å². The lowest BCUT2D eigenvalue weighted by atomic mass is 9.82. The van der Waals surface area contributed by atoms with Crippen LogP contribution in [0.3, 0.4) is 0 Å². The van der Waals surface area contributed by atoms with Crippen LogP contribution in [0, 0.1) is 44.4 Å². The van der Waals surface area contributed by atoms with E-state index >= 15 is 0 Å². The first-order chi connectivity index (χ1) is 34.1. The van der Waals surface area contributed by atoms with Crippen molar-refractivity contribution in [2.45, 2.75) is 111 Å². The zero-order valence-corrected chi connectivity index (χ0v) is 40.8. The van der Waals surface area contributed by atoms with Crippen molar-refractivity contribution in [1.29, 1.82) is 0 Å². The topological polar surface area (TPSA) is 210 Å².